The Kier molecular flexibility index (Phi) is 3.23. The first kappa shape index (κ1) is 9.76. The molecule has 0 saturated heterocycles. The predicted octanol–water partition coefficient (Wildman–Crippen LogP) is 3.51. The van der Waals surface area contributed by atoms with Crippen molar-refractivity contribution in [3.63, 3.8) is 0 Å². The van der Waals surface area contributed by atoms with Gasteiger partial charge in [-0.15, -0.1) is 0 Å². The van der Waals surface area contributed by atoms with Crippen molar-refractivity contribution in [3.8, 4) is 5.75 Å². The molecule has 72 valence electrons. The minimum Gasteiger partial charge on any atom is -0.486 e. The van der Waals surface area contributed by atoms with E-state index in [1.165, 1.54) is 10.3 Å². The third-order valence-corrected chi connectivity index (χ3v) is 4.21. The van der Waals surface area contributed by atoms with E-state index < -0.39 is 0 Å². The van der Waals surface area contributed by atoms with E-state index >= 15 is 0 Å². The van der Waals surface area contributed by atoms with E-state index in [9.17, 15) is 0 Å². The second-order valence-electron chi connectivity index (χ2n) is 2.54. The van der Waals surface area contributed by atoms with E-state index in [1.807, 2.05) is 30.3 Å². The van der Waals surface area contributed by atoms with Crippen LogP contribution in [0.25, 0.3) is 0 Å². The molecule has 2 nitrogen and oxygen atoms in total. The van der Waals surface area contributed by atoms with Crippen molar-refractivity contribution in [2.24, 2.45) is 0 Å². The van der Waals surface area contributed by atoms with Gasteiger partial charge in [-0.3, -0.25) is 0 Å². The molecule has 1 aromatic heterocycles. The van der Waals surface area contributed by atoms with Crippen LogP contribution in [0.5, 0.6) is 5.75 Å². The molecule has 1 aromatic carbocycles. The van der Waals surface area contributed by atoms with Gasteiger partial charge in [-0.05, 0) is 34.7 Å². The molecule has 0 aliphatic rings. The summed E-state index contributed by atoms with van der Waals surface area (Å²) in [5.41, 5.74) is 0. The maximum Gasteiger partial charge on any atom is 0.191 e. The molecule has 0 aliphatic heterocycles. The standard InChI is InChI=1S/C9H7NOS3/c12-9-10-8(13-14-9)6-11-7-4-2-1-3-5-7/h1-5H,6H2. The highest BCUT2D eigenvalue weighted by atomic mass is 32.9. The van der Waals surface area contributed by atoms with Crippen LogP contribution in [0, 0.1) is 3.95 Å². The average Bonchev–Trinajstić information content (AvgIpc) is 2.63. The second kappa shape index (κ2) is 4.63. The molecule has 0 fully saturated rings. The third-order valence-electron chi connectivity index (χ3n) is 1.53. The highest BCUT2D eigenvalue weighted by Gasteiger charge is 1.98. The van der Waals surface area contributed by atoms with Gasteiger partial charge in [-0.2, -0.15) is 0 Å². The molecule has 0 bridgehead atoms. The van der Waals surface area contributed by atoms with Gasteiger partial charge in [0.25, 0.3) is 0 Å². The molecule has 0 aliphatic carbocycles. The summed E-state index contributed by atoms with van der Waals surface area (Å²) >= 11 is 4.93. The number of ether oxygens (including phenoxy) is 1. The lowest BCUT2D eigenvalue weighted by Crippen LogP contribution is -1.93. The molecule has 2 rings (SSSR count). The Morgan fingerprint density at radius 3 is 2.64 bits per heavy atom. The van der Waals surface area contributed by atoms with Gasteiger partial charge in [0, 0.05) is 0 Å². The van der Waals surface area contributed by atoms with Crippen molar-refractivity contribution in [1.82, 2.24) is 4.98 Å². The van der Waals surface area contributed by atoms with Gasteiger partial charge >= 0.3 is 0 Å². The van der Waals surface area contributed by atoms with E-state index in [-0.39, 0.29) is 0 Å². The zero-order valence-electron chi connectivity index (χ0n) is 7.17. The second-order valence-corrected chi connectivity index (χ2v) is 5.38. The zero-order valence-corrected chi connectivity index (χ0v) is 9.62. The van der Waals surface area contributed by atoms with Crippen LogP contribution in [0.3, 0.4) is 0 Å². The SMILES string of the molecule is S=c1nc(COc2ccccc2)ss1. The van der Waals surface area contributed by atoms with E-state index in [1.54, 1.807) is 10.3 Å². The Hall–Kier alpha value is -0.780. The van der Waals surface area contributed by atoms with Crippen molar-refractivity contribution in [1.29, 1.82) is 0 Å². The maximum atomic E-state index is 5.51. The van der Waals surface area contributed by atoms with Crippen LogP contribution in [-0.2, 0) is 6.61 Å². The van der Waals surface area contributed by atoms with Crippen molar-refractivity contribution >= 4 is 32.9 Å². The lowest BCUT2D eigenvalue weighted by molar-refractivity contribution is 0.305. The molecule has 0 saturated carbocycles. The topological polar surface area (TPSA) is 22.1 Å². The zero-order chi connectivity index (χ0) is 9.80. The van der Waals surface area contributed by atoms with Crippen LogP contribution in [0.15, 0.2) is 30.3 Å². The normalized spacial score (nSPS) is 10.0. The number of nitrogens with zero attached hydrogens (tertiary/aromatic N) is 1. The van der Waals surface area contributed by atoms with Crippen molar-refractivity contribution < 1.29 is 4.74 Å². The summed E-state index contributed by atoms with van der Waals surface area (Å²) in [7, 11) is 3.08. The molecular weight excluding hydrogens is 234 g/mol. The summed E-state index contributed by atoms with van der Waals surface area (Å²) in [5, 5.41) is 0.934. The monoisotopic (exact) mass is 241 g/mol. The first-order valence-electron chi connectivity index (χ1n) is 3.98. The van der Waals surface area contributed by atoms with Crippen LogP contribution in [0.1, 0.15) is 5.01 Å². The van der Waals surface area contributed by atoms with Gasteiger partial charge in [0.2, 0.25) is 0 Å². The number of hydrogen-bond acceptors (Lipinski definition) is 5. The number of para-hydroxylation sites is 1. The van der Waals surface area contributed by atoms with E-state index in [0.717, 1.165) is 10.8 Å². The minimum absolute atomic E-state index is 0.502. The Morgan fingerprint density at radius 1 is 1.21 bits per heavy atom. The van der Waals surface area contributed by atoms with Crippen LogP contribution >= 0.6 is 32.9 Å². The van der Waals surface area contributed by atoms with E-state index in [2.05, 4.69) is 4.98 Å². The number of benzene rings is 1. The first-order valence-corrected chi connectivity index (χ1v) is 6.54. The van der Waals surface area contributed by atoms with E-state index in [4.69, 9.17) is 17.0 Å². The minimum atomic E-state index is 0.502. The molecule has 0 spiro atoms. The molecule has 14 heavy (non-hydrogen) atoms. The van der Waals surface area contributed by atoms with Crippen LogP contribution in [0.2, 0.25) is 0 Å². The predicted molar refractivity (Wildman–Crippen MR) is 61.6 cm³/mol. The molecule has 0 amide bonds. The molecule has 2 aromatic rings. The van der Waals surface area contributed by atoms with Gasteiger partial charge in [-0.25, -0.2) is 4.98 Å². The van der Waals surface area contributed by atoms with Crippen molar-refractivity contribution in [2.45, 2.75) is 6.61 Å². The molecule has 0 N–H and O–H groups in total. The smallest absolute Gasteiger partial charge is 0.191 e. The Morgan fingerprint density at radius 2 is 2.00 bits per heavy atom. The molecule has 5 heteroatoms. The van der Waals surface area contributed by atoms with Crippen LogP contribution < -0.4 is 4.74 Å². The summed E-state index contributed by atoms with van der Waals surface area (Å²) in [4.78, 5) is 4.15. The van der Waals surface area contributed by atoms with Gasteiger partial charge in [0.05, 0.1) is 0 Å². The van der Waals surface area contributed by atoms with E-state index in [0.29, 0.717) is 10.6 Å². The number of aromatic nitrogens is 1. The summed E-state index contributed by atoms with van der Waals surface area (Å²) in [5.74, 6) is 0.860. The van der Waals surface area contributed by atoms with Crippen molar-refractivity contribution in [3.05, 3.63) is 39.3 Å². The number of hydrogen-bond donors (Lipinski definition) is 0. The van der Waals surface area contributed by atoms with Gasteiger partial charge < -0.3 is 4.74 Å². The van der Waals surface area contributed by atoms with Gasteiger partial charge in [0.1, 0.15) is 17.4 Å². The lowest BCUT2D eigenvalue weighted by atomic mass is 10.3. The lowest BCUT2D eigenvalue weighted by Gasteiger charge is -2.01. The fourth-order valence-corrected chi connectivity index (χ4v) is 2.89. The summed E-state index contributed by atoms with van der Waals surface area (Å²) in [6.45, 7) is 0.502. The Labute approximate surface area is 94.2 Å². The van der Waals surface area contributed by atoms with Crippen LogP contribution in [-0.4, -0.2) is 4.98 Å². The quantitative estimate of drug-likeness (QED) is 0.606. The van der Waals surface area contributed by atoms with Gasteiger partial charge in [-0.1, -0.05) is 28.5 Å². The van der Waals surface area contributed by atoms with Crippen molar-refractivity contribution in [2.75, 3.05) is 0 Å². The summed E-state index contributed by atoms with van der Waals surface area (Å²) in [6, 6.07) is 9.69. The number of rotatable bonds is 3. The molecule has 0 atom stereocenters. The third kappa shape index (κ3) is 2.60. The Bertz CT molecular complexity index is 448. The fourth-order valence-electron chi connectivity index (χ4n) is 0.941. The summed E-state index contributed by atoms with van der Waals surface area (Å²) in [6.07, 6.45) is 0. The Balaban J connectivity index is 1.98. The molecule has 0 radical (unpaired) electrons. The molecule has 0 unspecified atom stereocenters. The maximum absolute atomic E-state index is 5.51. The average molecular weight is 241 g/mol. The largest absolute Gasteiger partial charge is 0.486 e. The first-order chi connectivity index (χ1) is 6.84. The van der Waals surface area contributed by atoms with Gasteiger partial charge in [0.15, 0.2) is 3.95 Å². The highest BCUT2D eigenvalue weighted by molar-refractivity contribution is 7.79. The summed E-state index contributed by atoms with van der Waals surface area (Å²) < 4.78 is 6.20. The van der Waals surface area contributed by atoms with Crippen LogP contribution in [0.4, 0.5) is 0 Å². The molecular formula is C9H7NOS3. The highest BCUT2D eigenvalue weighted by Crippen LogP contribution is 2.16. The molecule has 1 heterocycles. The fraction of sp³-hybridized carbons (Fsp3) is 0.111.